The number of amides is 2. The van der Waals surface area contributed by atoms with Crippen molar-refractivity contribution in [1.29, 1.82) is 0 Å². The van der Waals surface area contributed by atoms with E-state index in [1.165, 1.54) is 18.7 Å². The number of hydrogen-bond donors (Lipinski definition) is 2. The van der Waals surface area contributed by atoms with Gasteiger partial charge in [-0.05, 0) is 44.7 Å². The van der Waals surface area contributed by atoms with Gasteiger partial charge in [0.15, 0.2) is 0 Å². The number of fused-ring (bicyclic) bond motifs is 1. The average Bonchev–Trinajstić information content (AvgIpc) is 3.08. The molecule has 2 aromatic heterocycles. The summed E-state index contributed by atoms with van der Waals surface area (Å²) in [7, 11) is 0. The molecular formula is C20H24N6O2S. The van der Waals surface area contributed by atoms with Crippen molar-refractivity contribution in [2.45, 2.75) is 45.3 Å². The molecule has 1 atom stereocenters. The van der Waals surface area contributed by atoms with Crippen molar-refractivity contribution in [3.05, 3.63) is 46.8 Å². The van der Waals surface area contributed by atoms with Gasteiger partial charge in [-0.3, -0.25) is 9.59 Å². The summed E-state index contributed by atoms with van der Waals surface area (Å²) >= 11 is 1.45. The standard InChI is InChI=1S/C20H24N6O2S/c1-11(15-7-6-8-16(9-15)23-14(4)27)21-18(28)10-17-12(2)22-19-24-20(29-5)25-26(19)13(17)3/h6-9,11H,10H2,1-5H3,(H,21,28)(H,23,27). The van der Waals surface area contributed by atoms with Crippen LogP contribution in [0.1, 0.15) is 42.4 Å². The fourth-order valence-corrected chi connectivity index (χ4v) is 3.49. The average molecular weight is 413 g/mol. The van der Waals surface area contributed by atoms with Gasteiger partial charge in [0.25, 0.3) is 5.78 Å². The molecule has 0 radical (unpaired) electrons. The highest BCUT2D eigenvalue weighted by molar-refractivity contribution is 7.98. The summed E-state index contributed by atoms with van der Waals surface area (Å²) in [5.41, 5.74) is 4.08. The molecule has 0 bridgehead atoms. The lowest BCUT2D eigenvalue weighted by Crippen LogP contribution is -2.29. The first-order chi connectivity index (χ1) is 13.8. The van der Waals surface area contributed by atoms with Crippen LogP contribution in [-0.4, -0.2) is 37.7 Å². The van der Waals surface area contributed by atoms with E-state index in [2.05, 4.69) is 25.7 Å². The van der Waals surface area contributed by atoms with Crippen molar-refractivity contribution in [1.82, 2.24) is 24.9 Å². The van der Waals surface area contributed by atoms with E-state index in [1.54, 1.807) is 4.52 Å². The number of nitrogens with one attached hydrogen (secondary N) is 2. The number of hydrogen-bond acceptors (Lipinski definition) is 6. The van der Waals surface area contributed by atoms with Gasteiger partial charge >= 0.3 is 0 Å². The summed E-state index contributed by atoms with van der Waals surface area (Å²) in [6, 6.07) is 7.23. The highest BCUT2D eigenvalue weighted by Crippen LogP contribution is 2.20. The number of aryl methyl sites for hydroxylation is 2. The number of aromatic nitrogens is 4. The molecule has 0 spiro atoms. The zero-order valence-corrected chi connectivity index (χ0v) is 17.9. The third-order valence-electron chi connectivity index (χ3n) is 4.63. The van der Waals surface area contributed by atoms with Crippen molar-refractivity contribution >= 4 is 35.0 Å². The van der Waals surface area contributed by atoms with Gasteiger partial charge in [-0.15, -0.1) is 5.10 Å². The number of carbonyl (C=O) groups is 2. The highest BCUT2D eigenvalue weighted by Gasteiger charge is 2.17. The molecule has 1 aromatic carbocycles. The normalized spacial score (nSPS) is 12.0. The molecule has 0 aliphatic heterocycles. The zero-order chi connectivity index (χ0) is 21.1. The van der Waals surface area contributed by atoms with Crippen LogP contribution in [-0.2, 0) is 16.0 Å². The second kappa shape index (κ2) is 8.60. The number of carbonyl (C=O) groups excluding carboxylic acids is 2. The van der Waals surface area contributed by atoms with Crippen LogP contribution in [0.4, 0.5) is 5.69 Å². The third-order valence-corrected chi connectivity index (χ3v) is 5.17. The monoisotopic (exact) mass is 412 g/mol. The first kappa shape index (κ1) is 20.8. The quantitative estimate of drug-likeness (QED) is 0.604. The lowest BCUT2D eigenvalue weighted by molar-refractivity contribution is -0.121. The van der Waals surface area contributed by atoms with Crippen LogP contribution in [0.2, 0.25) is 0 Å². The molecule has 0 aliphatic carbocycles. The van der Waals surface area contributed by atoms with Crippen LogP contribution in [0.3, 0.4) is 0 Å². The van der Waals surface area contributed by atoms with Gasteiger partial charge in [0, 0.05) is 29.6 Å². The summed E-state index contributed by atoms with van der Waals surface area (Å²) in [6.07, 6.45) is 2.11. The van der Waals surface area contributed by atoms with E-state index in [4.69, 9.17) is 0 Å². The second-order valence-electron chi connectivity index (χ2n) is 6.84. The molecule has 29 heavy (non-hydrogen) atoms. The van der Waals surface area contributed by atoms with E-state index in [1.807, 2.05) is 51.3 Å². The molecule has 8 nitrogen and oxygen atoms in total. The van der Waals surface area contributed by atoms with Crippen molar-refractivity contribution in [3.8, 4) is 0 Å². The number of thioether (sulfide) groups is 1. The SMILES string of the molecule is CSc1nc2nc(C)c(CC(=O)NC(C)c3cccc(NC(C)=O)c3)c(C)n2n1. The van der Waals surface area contributed by atoms with Crippen LogP contribution in [0, 0.1) is 13.8 Å². The first-order valence-corrected chi connectivity index (χ1v) is 10.4. The fraction of sp³-hybridized carbons (Fsp3) is 0.350. The summed E-state index contributed by atoms with van der Waals surface area (Å²) in [4.78, 5) is 32.8. The van der Waals surface area contributed by atoms with Crippen molar-refractivity contribution in [3.63, 3.8) is 0 Å². The van der Waals surface area contributed by atoms with Gasteiger partial charge in [0.05, 0.1) is 12.5 Å². The summed E-state index contributed by atoms with van der Waals surface area (Å²) in [5.74, 6) is 0.294. The number of nitrogens with zero attached hydrogens (tertiary/aromatic N) is 4. The topological polar surface area (TPSA) is 101 Å². The molecule has 0 saturated carbocycles. The van der Waals surface area contributed by atoms with E-state index in [9.17, 15) is 9.59 Å². The van der Waals surface area contributed by atoms with E-state index in [-0.39, 0.29) is 24.3 Å². The molecule has 9 heteroatoms. The van der Waals surface area contributed by atoms with E-state index in [0.29, 0.717) is 16.6 Å². The molecular weight excluding hydrogens is 388 g/mol. The Morgan fingerprint density at radius 2 is 2.00 bits per heavy atom. The molecule has 0 saturated heterocycles. The van der Waals surface area contributed by atoms with Crippen LogP contribution in [0.5, 0.6) is 0 Å². The minimum atomic E-state index is -0.206. The molecule has 152 valence electrons. The second-order valence-corrected chi connectivity index (χ2v) is 7.62. The Bertz CT molecular complexity index is 1080. The smallest absolute Gasteiger partial charge is 0.253 e. The summed E-state index contributed by atoms with van der Waals surface area (Å²) < 4.78 is 1.68. The number of benzene rings is 1. The first-order valence-electron chi connectivity index (χ1n) is 9.22. The Labute approximate surface area is 173 Å². The van der Waals surface area contributed by atoms with E-state index in [0.717, 1.165) is 22.5 Å². The van der Waals surface area contributed by atoms with Gasteiger partial charge in [-0.1, -0.05) is 23.9 Å². The van der Waals surface area contributed by atoms with Crippen LogP contribution in [0.15, 0.2) is 29.4 Å². The Morgan fingerprint density at radius 3 is 2.69 bits per heavy atom. The largest absolute Gasteiger partial charge is 0.349 e. The fourth-order valence-electron chi connectivity index (χ4n) is 3.16. The third kappa shape index (κ3) is 4.73. The Hall–Kier alpha value is -2.94. The van der Waals surface area contributed by atoms with Crippen LogP contribution in [0.25, 0.3) is 5.78 Å². The maximum atomic E-state index is 12.7. The molecule has 2 N–H and O–H groups in total. The molecule has 3 rings (SSSR count). The van der Waals surface area contributed by atoms with Crippen LogP contribution >= 0.6 is 11.8 Å². The maximum Gasteiger partial charge on any atom is 0.253 e. The van der Waals surface area contributed by atoms with Gasteiger partial charge in [0.1, 0.15) is 0 Å². The van der Waals surface area contributed by atoms with Gasteiger partial charge in [-0.2, -0.15) is 4.98 Å². The van der Waals surface area contributed by atoms with Crippen molar-refractivity contribution in [2.75, 3.05) is 11.6 Å². The number of anilines is 1. The lowest BCUT2D eigenvalue weighted by atomic mass is 10.1. The Balaban J connectivity index is 1.76. The van der Waals surface area contributed by atoms with Gasteiger partial charge < -0.3 is 10.6 Å². The Morgan fingerprint density at radius 1 is 1.24 bits per heavy atom. The molecule has 0 aliphatic rings. The highest BCUT2D eigenvalue weighted by atomic mass is 32.2. The zero-order valence-electron chi connectivity index (χ0n) is 17.1. The predicted molar refractivity (Wildman–Crippen MR) is 113 cm³/mol. The van der Waals surface area contributed by atoms with Gasteiger partial charge in [-0.25, -0.2) is 9.50 Å². The van der Waals surface area contributed by atoms with Gasteiger partial charge in [0.2, 0.25) is 17.0 Å². The minimum Gasteiger partial charge on any atom is -0.349 e. The van der Waals surface area contributed by atoms with E-state index < -0.39 is 0 Å². The molecule has 2 amide bonds. The summed E-state index contributed by atoms with van der Waals surface area (Å²) in [5, 5.41) is 10.8. The number of rotatable bonds is 6. The lowest BCUT2D eigenvalue weighted by Gasteiger charge is -2.17. The van der Waals surface area contributed by atoms with Crippen LogP contribution < -0.4 is 10.6 Å². The molecule has 1 unspecified atom stereocenters. The molecule has 0 fully saturated rings. The van der Waals surface area contributed by atoms with Crippen molar-refractivity contribution < 1.29 is 9.59 Å². The summed E-state index contributed by atoms with van der Waals surface area (Å²) in [6.45, 7) is 7.17. The predicted octanol–water partition coefficient (Wildman–Crippen LogP) is 2.84. The molecule has 2 heterocycles. The molecule has 3 aromatic rings. The van der Waals surface area contributed by atoms with E-state index >= 15 is 0 Å². The van der Waals surface area contributed by atoms with Crippen molar-refractivity contribution in [2.24, 2.45) is 0 Å². The Kier molecular flexibility index (Phi) is 6.17. The minimum absolute atomic E-state index is 0.111. The maximum absolute atomic E-state index is 12.7.